The average molecular weight is 264 g/mol. The van der Waals surface area contributed by atoms with Crippen LogP contribution in [0.3, 0.4) is 0 Å². The summed E-state index contributed by atoms with van der Waals surface area (Å²) in [5.41, 5.74) is 0.955. The molecule has 2 nitrogen and oxygen atoms in total. The van der Waals surface area contributed by atoms with Crippen LogP contribution in [0.4, 0.5) is 0 Å². The first-order chi connectivity index (χ1) is 9.29. The van der Waals surface area contributed by atoms with E-state index in [9.17, 15) is 5.11 Å². The Morgan fingerprint density at radius 2 is 1.68 bits per heavy atom. The van der Waals surface area contributed by atoms with Gasteiger partial charge < -0.3 is 9.84 Å². The molecule has 1 N–H and O–H groups in total. The Labute approximate surface area is 117 Å². The summed E-state index contributed by atoms with van der Waals surface area (Å²) in [5.74, 6) is 1.22. The second kappa shape index (κ2) is 9.71. The van der Waals surface area contributed by atoms with Gasteiger partial charge in [-0.2, -0.15) is 0 Å². The number of phenols is 1. The monoisotopic (exact) mass is 264 g/mol. The first kappa shape index (κ1) is 15.9. The van der Waals surface area contributed by atoms with Crippen molar-refractivity contribution >= 4 is 0 Å². The molecular formula is C17H28O2. The lowest BCUT2D eigenvalue weighted by atomic mass is 10.1. The van der Waals surface area contributed by atoms with E-state index in [2.05, 4.69) is 13.8 Å². The lowest BCUT2D eigenvalue weighted by molar-refractivity contribution is 0.299. The summed E-state index contributed by atoms with van der Waals surface area (Å²) < 4.78 is 5.82. The van der Waals surface area contributed by atoms with Gasteiger partial charge in [0.25, 0.3) is 0 Å². The quantitative estimate of drug-likeness (QED) is 0.597. The predicted octanol–water partition coefficient (Wildman–Crippen LogP) is 5.08. The highest BCUT2D eigenvalue weighted by atomic mass is 16.5. The summed E-state index contributed by atoms with van der Waals surface area (Å²) in [6, 6.07) is 5.55. The fraction of sp³-hybridized carbons (Fsp3) is 0.647. The second-order valence-corrected chi connectivity index (χ2v) is 5.12. The van der Waals surface area contributed by atoms with Crippen molar-refractivity contribution in [2.45, 2.75) is 65.2 Å². The third kappa shape index (κ3) is 6.00. The van der Waals surface area contributed by atoms with Crippen LogP contribution >= 0.6 is 0 Å². The zero-order chi connectivity index (χ0) is 13.9. The molecule has 0 aromatic heterocycles. The van der Waals surface area contributed by atoms with Crippen LogP contribution in [0.1, 0.15) is 64.4 Å². The summed E-state index contributed by atoms with van der Waals surface area (Å²) in [4.78, 5) is 0. The SMILES string of the molecule is CCCCCCCCOc1cccc(O)c1CCC. The van der Waals surface area contributed by atoms with E-state index < -0.39 is 0 Å². The first-order valence-electron chi connectivity index (χ1n) is 7.73. The molecule has 1 aromatic carbocycles. The van der Waals surface area contributed by atoms with Gasteiger partial charge in [0.15, 0.2) is 0 Å². The maximum absolute atomic E-state index is 9.84. The Morgan fingerprint density at radius 1 is 0.947 bits per heavy atom. The average Bonchev–Trinajstić information content (AvgIpc) is 2.41. The van der Waals surface area contributed by atoms with Gasteiger partial charge in [-0.05, 0) is 25.0 Å². The van der Waals surface area contributed by atoms with E-state index in [-0.39, 0.29) is 0 Å². The van der Waals surface area contributed by atoms with Crippen LogP contribution in [0.25, 0.3) is 0 Å². The van der Waals surface area contributed by atoms with E-state index in [1.807, 2.05) is 12.1 Å². The highest BCUT2D eigenvalue weighted by molar-refractivity contribution is 5.43. The van der Waals surface area contributed by atoms with Gasteiger partial charge in [-0.3, -0.25) is 0 Å². The van der Waals surface area contributed by atoms with Gasteiger partial charge in [0.1, 0.15) is 11.5 Å². The van der Waals surface area contributed by atoms with Gasteiger partial charge in [-0.15, -0.1) is 0 Å². The van der Waals surface area contributed by atoms with Crippen LogP contribution < -0.4 is 4.74 Å². The van der Waals surface area contributed by atoms with Gasteiger partial charge in [0.05, 0.1) is 6.61 Å². The van der Waals surface area contributed by atoms with Crippen LogP contribution in [0, 0.1) is 0 Å². The molecule has 1 aromatic rings. The number of hydrogen-bond donors (Lipinski definition) is 1. The molecule has 0 saturated heterocycles. The summed E-state index contributed by atoms with van der Waals surface area (Å²) in [6.45, 7) is 5.11. The Bertz CT molecular complexity index is 347. The van der Waals surface area contributed by atoms with E-state index in [1.54, 1.807) is 6.07 Å². The van der Waals surface area contributed by atoms with Gasteiger partial charge >= 0.3 is 0 Å². The van der Waals surface area contributed by atoms with Gasteiger partial charge in [-0.25, -0.2) is 0 Å². The van der Waals surface area contributed by atoms with Crippen molar-refractivity contribution in [1.29, 1.82) is 0 Å². The van der Waals surface area contributed by atoms with Crippen LogP contribution in [0.2, 0.25) is 0 Å². The van der Waals surface area contributed by atoms with Crippen LogP contribution in [-0.2, 0) is 6.42 Å². The van der Waals surface area contributed by atoms with E-state index in [0.29, 0.717) is 5.75 Å². The molecule has 0 aliphatic carbocycles. The Kier molecular flexibility index (Phi) is 8.11. The number of benzene rings is 1. The summed E-state index contributed by atoms with van der Waals surface area (Å²) in [6.07, 6.45) is 9.51. The minimum atomic E-state index is 0.363. The minimum Gasteiger partial charge on any atom is -0.508 e. The van der Waals surface area contributed by atoms with Crippen molar-refractivity contribution in [2.24, 2.45) is 0 Å². The molecule has 0 unspecified atom stereocenters. The van der Waals surface area contributed by atoms with Crippen LogP contribution in [0.5, 0.6) is 11.5 Å². The molecule has 2 heteroatoms. The van der Waals surface area contributed by atoms with Crippen molar-refractivity contribution < 1.29 is 9.84 Å². The number of phenolic OH excluding ortho intramolecular Hbond substituents is 1. The molecule has 108 valence electrons. The summed E-state index contributed by atoms with van der Waals surface area (Å²) in [5, 5.41) is 9.84. The van der Waals surface area contributed by atoms with Crippen molar-refractivity contribution in [3.63, 3.8) is 0 Å². The number of aromatic hydroxyl groups is 1. The molecule has 0 radical (unpaired) electrons. The maximum atomic E-state index is 9.84. The normalized spacial score (nSPS) is 10.6. The predicted molar refractivity (Wildman–Crippen MR) is 81.0 cm³/mol. The second-order valence-electron chi connectivity index (χ2n) is 5.12. The Hall–Kier alpha value is -1.18. The van der Waals surface area contributed by atoms with Crippen molar-refractivity contribution in [2.75, 3.05) is 6.61 Å². The molecule has 0 atom stereocenters. The van der Waals surface area contributed by atoms with Crippen molar-refractivity contribution in [3.05, 3.63) is 23.8 Å². The molecule has 0 aliphatic heterocycles. The molecule has 1 rings (SSSR count). The molecule has 0 amide bonds. The van der Waals surface area contributed by atoms with E-state index >= 15 is 0 Å². The standard InChI is InChI=1S/C17H28O2/c1-3-5-6-7-8-9-14-19-17-13-10-12-16(18)15(17)11-4-2/h10,12-13,18H,3-9,11,14H2,1-2H3. The number of rotatable bonds is 10. The third-order valence-corrected chi connectivity index (χ3v) is 3.36. The van der Waals surface area contributed by atoms with E-state index in [0.717, 1.165) is 37.2 Å². The van der Waals surface area contributed by atoms with Crippen molar-refractivity contribution in [3.8, 4) is 11.5 Å². The lowest BCUT2D eigenvalue weighted by Gasteiger charge is -2.12. The van der Waals surface area contributed by atoms with Gasteiger partial charge in [0, 0.05) is 5.56 Å². The number of unbranched alkanes of at least 4 members (excludes halogenated alkanes) is 5. The molecule has 0 saturated carbocycles. The number of hydrogen-bond acceptors (Lipinski definition) is 2. The molecule has 0 fully saturated rings. The molecule has 0 heterocycles. The maximum Gasteiger partial charge on any atom is 0.126 e. The smallest absolute Gasteiger partial charge is 0.126 e. The zero-order valence-corrected chi connectivity index (χ0v) is 12.5. The van der Waals surface area contributed by atoms with E-state index in [1.165, 1.54) is 32.1 Å². The highest BCUT2D eigenvalue weighted by Gasteiger charge is 2.07. The van der Waals surface area contributed by atoms with Crippen molar-refractivity contribution in [1.82, 2.24) is 0 Å². The van der Waals surface area contributed by atoms with E-state index in [4.69, 9.17) is 4.74 Å². The number of ether oxygens (including phenoxy) is 1. The third-order valence-electron chi connectivity index (χ3n) is 3.36. The fourth-order valence-electron chi connectivity index (χ4n) is 2.26. The molecule has 0 aliphatic rings. The first-order valence-corrected chi connectivity index (χ1v) is 7.73. The molecular weight excluding hydrogens is 236 g/mol. The minimum absolute atomic E-state index is 0.363. The lowest BCUT2D eigenvalue weighted by Crippen LogP contribution is -2.00. The molecule has 0 spiro atoms. The summed E-state index contributed by atoms with van der Waals surface area (Å²) in [7, 11) is 0. The topological polar surface area (TPSA) is 29.5 Å². The van der Waals surface area contributed by atoms with Gasteiger partial charge in [0.2, 0.25) is 0 Å². The highest BCUT2D eigenvalue weighted by Crippen LogP contribution is 2.28. The molecule has 0 bridgehead atoms. The Morgan fingerprint density at radius 3 is 2.42 bits per heavy atom. The fourth-order valence-corrected chi connectivity index (χ4v) is 2.26. The van der Waals surface area contributed by atoms with Crippen LogP contribution in [-0.4, -0.2) is 11.7 Å². The largest absolute Gasteiger partial charge is 0.508 e. The van der Waals surface area contributed by atoms with Crippen LogP contribution in [0.15, 0.2) is 18.2 Å². The summed E-state index contributed by atoms with van der Waals surface area (Å²) >= 11 is 0. The molecule has 19 heavy (non-hydrogen) atoms. The zero-order valence-electron chi connectivity index (χ0n) is 12.5. The Balaban J connectivity index is 2.30. The van der Waals surface area contributed by atoms with Gasteiger partial charge in [-0.1, -0.05) is 58.4 Å².